The second-order valence-corrected chi connectivity index (χ2v) is 5.46. The second-order valence-electron chi connectivity index (χ2n) is 5.46. The minimum Gasteiger partial charge on any atom is -0.457 e. The van der Waals surface area contributed by atoms with E-state index >= 15 is 0 Å². The van der Waals surface area contributed by atoms with Crippen molar-refractivity contribution in [2.75, 3.05) is 0 Å². The van der Waals surface area contributed by atoms with Crippen molar-refractivity contribution in [2.24, 2.45) is 0 Å². The number of carbonyl (C=O) groups excluding carboxylic acids is 1. The summed E-state index contributed by atoms with van der Waals surface area (Å²) in [7, 11) is 0. The molecule has 0 saturated carbocycles. The van der Waals surface area contributed by atoms with Crippen molar-refractivity contribution in [3.05, 3.63) is 83.2 Å². The third kappa shape index (κ3) is 3.85. The normalized spacial score (nSPS) is 10.5. The van der Waals surface area contributed by atoms with Crippen molar-refractivity contribution in [3.8, 4) is 11.4 Å². The Kier molecular flexibility index (Phi) is 4.79. The van der Waals surface area contributed by atoms with Crippen LogP contribution in [0, 0.1) is 18.6 Å². The fourth-order valence-electron chi connectivity index (χ4n) is 2.23. The van der Waals surface area contributed by atoms with Gasteiger partial charge in [0.2, 0.25) is 0 Å². The lowest BCUT2D eigenvalue weighted by molar-refractivity contribution is 0.0461. The zero-order valence-corrected chi connectivity index (χ0v) is 13.4. The Morgan fingerprint density at radius 1 is 1.04 bits per heavy atom. The summed E-state index contributed by atoms with van der Waals surface area (Å²) in [5.74, 6) is -2.92. The van der Waals surface area contributed by atoms with E-state index < -0.39 is 23.2 Å². The van der Waals surface area contributed by atoms with Gasteiger partial charge < -0.3 is 4.74 Å². The van der Waals surface area contributed by atoms with E-state index in [0.717, 1.165) is 23.3 Å². The minimum absolute atomic E-state index is 0.0681. The van der Waals surface area contributed by atoms with Crippen LogP contribution in [0.5, 0.6) is 0 Å². The molecule has 0 atom stereocenters. The zero-order valence-electron chi connectivity index (χ0n) is 13.4. The van der Waals surface area contributed by atoms with Gasteiger partial charge in [-0.2, -0.15) is 0 Å². The molecule has 0 unspecified atom stereocenters. The molecule has 0 bridgehead atoms. The molecule has 0 amide bonds. The Labute approximate surface area is 143 Å². The van der Waals surface area contributed by atoms with Crippen LogP contribution in [0.1, 0.15) is 21.5 Å². The number of hydrogen-bond donors (Lipinski definition) is 0. The van der Waals surface area contributed by atoms with Gasteiger partial charge in [0.25, 0.3) is 0 Å². The first-order valence-electron chi connectivity index (χ1n) is 7.53. The first-order valence-corrected chi connectivity index (χ1v) is 7.53. The molecule has 0 N–H and O–H groups in total. The van der Waals surface area contributed by atoms with Gasteiger partial charge in [0.1, 0.15) is 23.8 Å². The standard InChI is InChI=1S/C19H14F2N2O2/c1-12-9-22-18(23-10-12)14-7-15(20)17(16(21)8-14)19(24)25-11-13-5-3-2-4-6-13/h2-10H,11H2,1H3. The van der Waals surface area contributed by atoms with Crippen molar-refractivity contribution < 1.29 is 18.3 Å². The summed E-state index contributed by atoms with van der Waals surface area (Å²) in [6.45, 7) is 1.73. The quantitative estimate of drug-likeness (QED) is 0.671. The van der Waals surface area contributed by atoms with Crippen LogP contribution in [-0.4, -0.2) is 15.9 Å². The smallest absolute Gasteiger partial charge is 0.344 e. The van der Waals surface area contributed by atoms with Gasteiger partial charge in [0.15, 0.2) is 5.82 Å². The molecule has 3 rings (SSSR count). The molecule has 0 spiro atoms. The molecule has 126 valence electrons. The van der Waals surface area contributed by atoms with Crippen LogP contribution in [0.3, 0.4) is 0 Å². The topological polar surface area (TPSA) is 52.1 Å². The molecule has 0 aliphatic heterocycles. The molecule has 1 aromatic heterocycles. The average Bonchev–Trinajstić information content (AvgIpc) is 2.61. The fourth-order valence-corrected chi connectivity index (χ4v) is 2.23. The lowest BCUT2D eigenvalue weighted by atomic mass is 10.1. The molecule has 2 aromatic carbocycles. The summed E-state index contributed by atoms with van der Waals surface area (Å²) >= 11 is 0. The number of benzene rings is 2. The van der Waals surface area contributed by atoms with Crippen LogP contribution in [0.25, 0.3) is 11.4 Å². The summed E-state index contributed by atoms with van der Waals surface area (Å²) in [4.78, 5) is 20.1. The third-order valence-corrected chi connectivity index (χ3v) is 3.50. The number of ether oxygens (including phenoxy) is 1. The van der Waals surface area contributed by atoms with Gasteiger partial charge in [0.05, 0.1) is 0 Å². The van der Waals surface area contributed by atoms with Crippen LogP contribution in [0.2, 0.25) is 0 Å². The second kappa shape index (κ2) is 7.17. The Bertz CT molecular complexity index is 874. The highest BCUT2D eigenvalue weighted by Crippen LogP contribution is 2.23. The van der Waals surface area contributed by atoms with Crippen molar-refractivity contribution >= 4 is 5.97 Å². The molecule has 6 heteroatoms. The molecule has 0 saturated heterocycles. The predicted octanol–water partition coefficient (Wildman–Crippen LogP) is 4.09. The van der Waals surface area contributed by atoms with Gasteiger partial charge in [-0.05, 0) is 30.2 Å². The van der Waals surface area contributed by atoms with Crippen LogP contribution in [0.15, 0.2) is 54.9 Å². The Balaban J connectivity index is 1.82. The summed E-state index contributed by atoms with van der Waals surface area (Å²) < 4.78 is 33.5. The molecular weight excluding hydrogens is 326 g/mol. The molecule has 25 heavy (non-hydrogen) atoms. The summed E-state index contributed by atoms with van der Waals surface area (Å²) in [5, 5.41) is 0. The van der Waals surface area contributed by atoms with Crippen molar-refractivity contribution in [1.82, 2.24) is 9.97 Å². The number of rotatable bonds is 4. The molecule has 1 heterocycles. The predicted molar refractivity (Wildman–Crippen MR) is 87.7 cm³/mol. The van der Waals surface area contributed by atoms with E-state index in [1.54, 1.807) is 43.6 Å². The maximum Gasteiger partial charge on any atom is 0.344 e. The lowest BCUT2D eigenvalue weighted by Crippen LogP contribution is -2.11. The number of nitrogens with zero attached hydrogens (tertiary/aromatic N) is 2. The van der Waals surface area contributed by atoms with Gasteiger partial charge in [-0.1, -0.05) is 30.3 Å². The SMILES string of the molecule is Cc1cnc(-c2cc(F)c(C(=O)OCc3ccccc3)c(F)c2)nc1. The average molecular weight is 340 g/mol. The van der Waals surface area contributed by atoms with Crippen LogP contribution in [0.4, 0.5) is 8.78 Å². The van der Waals surface area contributed by atoms with Crippen LogP contribution in [-0.2, 0) is 11.3 Å². The summed E-state index contributed by atoms with van der Waals surface area (Å²) in [5.41, 5.74) is 0.966. The first kappa shape index (κ1) is 16.7. The maximum absolute atomic E-state index is 14.3. The highest BCUT2D eigenvalue weighted by Gasteiger charge is 2.21. The van der Waals surface area contributed by atoms with E-state index in [4.69, 9.17) is 4.74 Å². The van der Waals surface area contributed by atoms with Gasteiger partial charge >= 0.3 is 5.97 Å². The third-order valence-electron chi connectivity index (χ3n) is 3.50. The Hall–Kier alpha value is -3.15. The van der Waals surface area contributed by atoms with E-state index in [0.29, 0.717) is 0 Å². The summed E-state index contributed by atoms with van der Waals surface area (Å²) in [6, 6.07) is 10.9. The molecule has 3 aromatic rings. The van der Waals surface area contributed by atoms with Crippen LogP contribution >= 0.6 is 0 Å². The van der Waals surface area contributed by atoms with Gasteiger partial charge in [-0.3, -0.25) is 0 Å². The van der Waals surface area contributed by atoms with Crippen molar-refractivity contribution in [3.63, 3.8) is 0 Å². The first-order chi connectivity index (χ1) is 12.0. The minimum atomic E-state index is -1.06. The Morgan fingerprint density at radius 2 is 1.64 bits per heavy atom. The molecule has 0 aliphatic carbocycles. The fraction of sp³-hybridized carbons (Fsp3) is 0.105. The molecule has 0 aliphatic rings. The molecule has 0 radical (unpaired) electrons. The molecule has 0 fully saturated rings. The number of aromatic nitrogens is 2. The largest absolute Gasteiger partial charge is 0.457 e. The lowest BCUT2D eigenvalue weighted by Gasteiger charge is -2.08. The number of halogens is 2. The highest BCUT2D eigenvalue weighted by molar-refractivity contribution is 5.90. The van der Waals surface area contributed by atoms with Gasteiger partial charge in [-0.15, -0.1) is 0 Å². The van der Waals surface area contributed by atoms with E-state index in [9.17, 15) is 13.6 Å². The number of hydrogen-bond acceptors (Lipinski definition) is 4. The highest BCUT2D eigenvalue weighted by atomic mass is 19.1. The van der Waals surface area contributed by atoms with Crippen molar-refractivity contribution in [2.45, 2.75) is 13.5 Å². The van der Waals surface area contributed by atoms with Gasteiger partial charge in [0, 0.05) is 18.0 Å². The number of esters is 1. The Morgan fingerprint density at radius 3 is 2.24 bits per heavy atom. The zero-order chi connectivity index (χ0) is 17.8. The number of aryl methyl sites for hydroxylation is 1. The molecule has 4 nitrogen and oxygen atoms in total. The van der Waals surface area contributed by atoms with Crippen LogP contribution < -0.4 is 0 Å². The van der Waals surface area contributed by atoms with E-state index in [1.165, 1.54) is 0 Å². The van der Waals surface area contributed by atoms with E-state index in [2.05, 4.69) is 9.97 Å². The summed E-state index contributed by atoms with van der Waals surface area (Å²) in [6.07, 6.45) is 3.08. The van der Waals surface area contributed by atoms with Crippen molar-refractivity contribution in [1.29, 1.82) is 0 Å². The van der Waals surface area contributed by atoms with E-state index in [-0.39, 0.29) is 18.0 Å². The number of carbonyl (C=O) groups is 1. The maximum atomic E-state index is 14.3. The van der Waals surface area contributed by atoms with Gasteiger partial charge in [-0.25, -0.2) is 23.5 Å². The van der Waals surface area contributed by atoms with E-state index in [1.807, 2.05) is 6.07 Å². The molecular formula is C19H14F2N2O2. The monoisotopic (exact) mass is 340 g/mol.